The zero-order chi connectivity index (χ0) is 21.5. The predicted octanol–water partition coefficient (Wildman–Crippen LogP) is 4.16. The van der Waals surface area contributed by atoms with E-state index in [9.17, 15) is 9.90 Å². The molecule has 2 atom stereocenters. The Morgan fingerprint density at radius 1 is 1.06 bits per heavy atom. The van der Waals surface area contributed by atoms with Gasteiger partial charge in [0, 0.05) is 37.1 Å². The van der Waals surface area contributed by atoms with Crippen LogP contribution >= 0.6 is 0 Å². The summed E-state index contributed by atoms with van der Waals surface area (Å²) in [5, 5.41) is 13.1. The molecule has 0 aromatic heterocycles. The Bertz CT molecular complexity index is 863. The van der Waals surface area contributed by atoms with Crippen LogP contribution in [0, 0.1) is 0 Å². The number of hydrogen-bond donors (Lipinski definition) is 2. The fraction of sp³-hybridized carbons (Fsp3) is 0.458. The number of amides is 2. The van der Waals surface area contributed by atoms with Crippen molar-refractivity contribution >= 4 is 11.7 Å². The second kappa shape index (κ2) is 10.5. The molecule has 2 N–H and O–H groups in total. The first-order chi connectivity index (χ1) is 15.2. The Kier molecular flexibility index (Phi) is 7.27. The number of aromatic hydroxyl groups is 1. The first-order valence-corrected chi connectivity index (χ1v) is 11.0. The standard InChI is InChI=1S/C24H30N2O5/c27-23-11-2-1-6-18(23)15-26(16-21-9-4-12-29-21)24(28)25-19-7-3-8-20(14-19)31-17-22-10-5-13-30-22/h1-3,6-8,11,14,21-22,27H,4-5,9-10,12-13,15-17H2,(H,25,28)/t21-,22+/m1/s1. The van der Waals surface area contributed by atoms with Gasteiger partial charge in [0.15, 0.2) is 0 Å². The van der Waals surface area contributed by atoms with E-state index in [1.807, 2.05) is 36.4 Å². The normalized spacial score (nSPS) is 20.5. The molecular formula is C24H30N2O5. The van der Waals surface area contributed by atoms with Crippen molar-refractivity contribution in [2.75, 3.05) is 31.7 Å². The van der Waals surface area contributed by atoms with E-state index in [4.69, 9.17) is 14.2 Å². The van der Waals surface area contributed by atoms with Gasteiger partial charge in [0.2, 0.25) is 0 Å². The van der Waals surface area contributed by atoms with Gasteiger partial charge in [-0.2, -0.15) is 0 Å². The lowest BCUT2D eigenvalue weighted by Gasteiger charge is -2.26. The number of carbonyl (C=O) groups excluding carboxylic acids is 1. The minimum Gasteiger partial charge on any atom is -0.508 e. The summed E-state index contributed by atoms with van der Waals surface area (Å²) >= 11 is 0. The van der Waals surface area contributed by atoms with Gasteiger partial charge in [-0.05, 0) is 43.9 Å². The molecule has 0 radical (unpaired) electrons. The van der Waals surface area contributed by atoms with E-state index in [0.29, 0.717) is 36.7 Å². The van der Waals surface area contributed by atoms with E-state index in [2.05, 4.69) is 5.32 Å². The molecule has 7 nitrogen and oxygen atoms in total. The van der Waals surface area contributed by atoms with Crippen molar-refractivity contribution in [1.82, 2.24) is 4.90 Å². The number of para-hydroxylation sites is 1. The Morgan fingerprint density at radius 2 is 1.84 bits per heavy atom. The lowest BCUT2D eigenvalue weighted by atomic mass is 10.1. The number of phenolic OH excluding ortho intramolecular Hbond substituents is 1. The van der Waals surface area contributed by atoms with E-state index in [0.717, 1.165) is 38.9 Å². The smallest absolute Gasteiger partial charge is 0.322 e. The highest BCUT2D eigenvalue weighted by molar-refractivity contribution is 5.89. The van der Waals surface area contributed by atoms with Crippen LogP contribution in [0.15, 0.2) is 48.5 Å². The van der Waals surface area contributed by atoms with Crippen LogP contribution in [0.2, 0.25) is 0 Å². The number of nitrogens with one attached hydrogen (secondary N) is 1. The lowest BCUT2D eigenvalue weighted by Crippen LogP contribution is -2.39. The Balaban J connectivity index is 1.41. The molecule has 7 heteroatoms. The molecule has 2 fully saturated rings. The summed E-state index contributed by atoms with van der Waals surface area (Å²) in [4.78, 5) is 14.8. The number of rotatable bonds is 8. The largest absolute Gasteiger partial charge is 0.508 e. The number of benzene rings is 2. The second-order valence-electron chi connectivity index (χ2n) is 8.05. The van der Waals surface area contributed by atoms with Gasteiger partial charge in [0.1, 0.15) is 18.1 Å². The Hall–Kier alpha value is -2.77. The summed E-state index contributed by atoms with van der Waals surface area (Å²) < 4.78 is 17.2. The molecule has 0 spiro atoms. The van der Waals surface area contributed by atoms with Crippen LogP contribution in [0.25, 0.3) is 0 Å². The number of urea groups is 1. The number of phenols is 1. The van der Waals surface area contributed by atoms with E-state index in [-0.39, 0.29) is 24.0 Å². The fourth-order valence-corrected chi connectivity index (χ4v) is 3.93. The van der Waals surface area contributed by atoms with Crippen LogP contribution in [-0.2, 0) is 16.0 Å². The summed E-state index contributed by atoms with van der Waals surface area (Å²) in [6.07, 6.45) is 4.16. The highest BCUT2D eigenvalue weighted by Crippen LogP contribution is 2.23. The topological polar surface area (TPSA) is 80.3 Å². The summed E-state index contributed by atoms with van der Waals surface area (Å²) in [5.74, 6) is 0.872. The number of nitrogens with zero attached hydrogens (tertiary/aromatic N) is 1. The van der Waals surface area contributed by atoms with Crippen molar-refractivity contribution in [3.8, 4) is 11.5 Å². The van der Waals surface area contributed by atoms with Crippen molar-refractivity contribution in [1.29, 1.82) is 0 Å². The summed E-state index contributed by atoms with van der Waals surface area (Å²) in [6.45, 7) is 2.79. The third-order valence-electron chi connectivity index (χ3n) is 5.63. The van der Waals surface area contributed by atoms with Gasteiger partial charge in [-0.15, -0.1) is 0 Å². The minimum absolute atomic E-state index is 0.0117. The molecule has 2 saturated heterocycles. The fourth-order valence-electron chi connectivity index (χ4n) is 3.93. The van der Waals surface area contributed by atoms with Crippen molar-refractivity contribution in [2.45, 2.75) is 44.4 Å². The highest BCUT2D eigenvalue weighted by atomic mass is 16.5. The van der Waals surface area contributed by atoms with Gasteiger partial charge in [-0.1, -0.05) is 24.3 Å². The average molecular weight is 427 g/mol. The molecule has 0 bridgehead atoms. The molecule has 0 saturated carbocycles. The quantitative estimate of drug-likeness (QED) is 0.662. The van der Waals surface area contributed by atoms with Crippen molar-refractivity contribution in [3.05, 3.63) is 54.1 Å². The summed E-state index contributed by atoms with van der Waals surface area (Å²) in [7, 11) is 0. The maximum atomic E-state index is 13.1. The molecule has 166 valence electrons. The van der Waals surface area contributed by atoms with Crippen molar-refractivity contribution in [3.63, 3.8) is 0 Å². The molecule has 2 aromatic carbocycles. The van der Waals surface area contributed by atoms with Gasteiger partial charge in [-0.25, -0.2) is 4.79 Å². The number of carbonyl (C=O) groups is 1. The highest BCUT2D eigenvalue weighted by Gasteiger charge is 2.24. The van der Waals surface area contributed by atoms with Crippen LogP contribution < -0.4 is 10.1 Å². The van der Waals surface area contributed by atoms with E-state index in [1.165, 1.54) is 0 Å². The van der Waals surface area contributed by atoms with Crippen LogP contribution in [0.3, 0.4) is 0 Å². The van der Waals surface area contributed by atoms with Gasteiger partial charge < -0.3 is 29.5 Å². The van der Waals surface area contributed by atoms with Crippen LogP contribution in [0.1, 0.15) is 31.2 Å². The molecule has 2 heterocycles. The van der Waals surface area contributed by atoms with Crippen molar-refractivity contribution < 1.29 is 24.1 Å². The molecule has 0 unspecified atom stereocenters. The molecular weight excluding hydrogens is 396 g/mol. The number of hydrogen-bond acceptors (Lipinski definition) is 5. The second-order valence-corrected chi connectivity index (χ2v) is 8.05. The summed E-state index contributed by atoms with van der Waals surface area (Å²) in [5.41, 5.74) is 1.36. The van der Waals surface area contributed by atoms with Crippen molar-refractivity contribution in [2.24, 2.45) is 0 Å². The van der Waals surface area contributed by atoms with Gasteiger partial charge in [-0.3, -0.25) is 0 Å². The summed E-state index contributed by atoms with van der Waals surface area (Å²) in [6, 6.07) is 14.2. The Labute approximate surface area is 182 Å². The minimum atomic E-state index is -0.241. The monoisotopic (exact) mass is 426 g/mol. The Morgan fingerprint density at radius 3 is 2.58 bits per heavy atom. The maximum absolute atomic E-state index is 13.1. The third kappa shape index (κ3) is 6.12. The average Bonchev–Trinajstić information content (AvgIpc) is 3.48. The molecule has 0 aliphatic carbocycles. The van der Waals surface area contributed by atoms with Gasteiger partial charge in [0.25, 0.3) is 0 Å². The van der Waals surface area contributed by atoms with Gasteiger partial charge >= 0.3 is 6.03 Å². The predicted molar refractivity (Wildman–Crippen MR) is 117 cm³/mol. The first kappa shape index (κ1) is 21.5. The zero-order valence-corrected chi connectivity index (χ0v) is 17.7. The van der Waals surface area contributed by atoms with E-state index >= 15 is 0 Å². The number of ether oxygens (including phenoxy) is 3. The van der Waals surface area contributed by atoms with E-state index in [1.54, 1.807) is 17.0 Å². The van der Waals surface area contributed by atoms with Gasteiger partial charge in [0.05, 0.1) is 18.8 Å². The van der Waals surface area contributed by atoms with E-state index < -0.39 is 0 Å². The number of anilines is 1. The molecule has 2 aliphatic rings. The van der Waals surface area contributed by atoms with Crippen LogP contribution in [-0.4, -0.2) is 54.6 Å². The third-order valence-corrected chi connectivity index (χ3v) is 5.63. The first-order valence-electron chi connectivity index (χ1n) is 11.0. The molecule has 31 heavy (non-hydrogen) atoms. The van der Waals surface area contributed by atoms with Crippen LogP contribution in [0.5, 0.6) is 11.5 Å². The molecule has 4 rings (SSSR count). The SMILES string of the molecule is O=C(Nc1cccc(OC[C@@H]2CCCO2)c1)N(Cc1ccccc1O)C[C@H]1CCCO1. The lowest BCUT2D eigenvalue weighted by molar-refractivity contribution is 0.0680. The van der Waals surface area contributed by atoms with Crippen LogP contribution in [0.4, 0.5) is 10.5 Å². The maximum Gasteiger partial charge on any atom is 0.322 e. The zero-order valence-electron chi connectivity index (χ0n) is 17.7. The molecule has 2 aromatic rings. The molecule has 2 amide bonds. The molecule has 2 aliphatic heterocycles.